The van der Waals surface area contributed by atoms with Gasteiger partial charge < -0.3 is 9.84 Å². The molecule has 152 valence electrons. The average molecular weight is 420 g/mol. The summed E-state index contributed by atoms with van der Waals surface area (Å²) < 4.78 is 5.73. The van der Waals surface area contributed by atoms with Crippen LogP contribution in [0.25, 0.3) is 11.1 Å². The van der Waals surface area contributed by atoms with Crippen LogP contribution in [0.4, 0.5) is 4.79 Å². The molecule has 1 unspecified atom stereocenters. The van der Waals surface area contributed by atoms with Crippen LogP contribution < -0.4 is 0 Å². The third-order valence-corrected chi connectivity index (χ3v) is 6.34. The zero-order valence-electron chi connectivity index (χ0n) is 16.1. The lowest BCUT2D eigenvalue weighted by Crippen LogP contribution is -2.41. The molecule has 30 heavy (non-hydrogen) atoms. The predicted octanol–water partition coefficient (Wildman–Crippen LogP) is 4.68. The maximum atomic E-state index is 13.1. The number of rotatable bonds is 6. The zero-order chi connectivity index (χ0) is 20.7. The van der Waals surface area contributed by atoms with Gasteiger partial charge in [0.15, 0.2) is 6.04 Å². The molecule has 3 aromatic rings. The van der Waals surface area contributed by atoms with Crippen molar-refractivity contribution in [2.24, 2.45) is 0 Å². The molecule has 1 saturated carbocycles. The van der Waals surface area contributed by atoms with E-state index in [2.05, 4.69) is 29.2 Å². The molecule has 1 heterocycles. The van der Waals surface area contributed by atoms with Gasteiger partial charge in [0.1, 0.15) is 6.61 Å². The lowest BCUT2D eigenvalue weighted by Gasteiger charge is -2.28. The molecule has 1 amide bonds. The van der Waals surface area contributed by atoms with Crippen LogP contribution in [0.3, 0.4) is 0 Å². The average Bonchev–Trinajstić information content (AvgIpc) is 3.34. The molecular formula is C23H20N2O4S. The number of aliphatic carboxylic acids is 1. The number of carbonyl (C=O) groups excluding carboxylic acids is 1. The number of benzene rings is 2. The van der Waals surface area contributed by atoms with E-state index in [1.165, 1.54) is 16.2 Å². The number of aromatic nitrogens is 1. The van der Waals surface area contributed by atoms with E-state index in [0.717, 1.165) is 35.1 Å². The van der Waals surface area contributed by atoms with Gasteiger partial charge in [-0.2, -0.15) is 0 Å². The summed E-state index contributed by atoms with van der Waals surface area (Å²) in [6.07, 6.45) is 0.954. The second kappa shape index (κ2) is 7.57. The summed E-state index contributed by atoms with van der Waals surface area (Å²) in [7, 11) is 0. The molecule has 0 spiro atoms. The largest absolute Gasteiger partial charge is 0.479 e. The molecule has 5 rings (SSSR count). The quantitative estimate of drug-likeness (QED) is 0.626. The number of carboxylic acid groups (broad SMARTS) is 1. The standard InChI is InChI=1S/C23H20N2O4S/c26-22(27)21(20-12-30-13-24-20)25(14-9-10-14)23(28)29-11-19-17-7-3-1-5-15(17)16-6-2-4-8-18(16)19/h1-8,12-14,19,21H,9-11H2,(H,26,27). The highest BCUT2D eigenvalue weighted by Gasteiger charge is 2.43. The van der Waals surface area contributed by atoms with E-state index in [1.54, 1.807) is 10.9 Å². The van der Waals surface area contributed by atoms with Crippen molar-refractivity contribution in [3.63, 3.8) is 0 Å². The van der Waals surface area contributed by atoms with Crippen molar-refractivity contribution in [3.8, 4) is 11.1 Å². The molecule has 2 aliphatic rings. The van der Waals surface area contributed by atoms with Gasteiger partial charge in [-0.05, 0) is 35.1 Å². The third-order valence-electron chi connectivity index (χ3n) is 5.73. The number of thiazole rings is 1. The van der Waals surface area contributed by atoms with Gasteiger partial charge in [-0.1, -0.05) is 48.5 Å². The van der Waals surface area contributed by atoms with E-state index in [4.69, 9.17) is 4.74 Å². The summed E-state index contributed by atoms with van der Waals surface area (Å²) >= 11 is 1.31. The summed E-state index contributed by atoms with van der Waals surface area (Å²) in [4.78, 5) is 30.5. The van der Waals surface area contributed by atoms with Gasteiger partial charge >= 0.3 is 12.1 Å². The Balaban J connectivity index is 1.39. The van der Waals surface area contributed by atoms with Crippen LogP contribution in [0.5, 0.6) is 0 Å². The maximum Gasteiger partial charge on any atom is 0.411 e. The van der Waals surface area contributed by atoms with Gasteiger partial charge in [-0.3, -0.25) is 4.90 Å². The summed E-state index contributed by atoms with van der Waals surface area (Å²) in [5.74, 6) is -1.16. The molecule has 1 fully saturated rings. The van der Waals surface area contributed by atoms with Gasteiger partial charge in [-0.15, -0.1) is 11.3 Å². The number of ether oxygens (including phenoxy) is 1. The van der Waals surface area contributed by atoms with E-state index in [-0.39, 0.29) is 18.6 Å². The SMILES string of the molecule is O=C(O)C(c1cscn1)N(C(=O)OCC1c2ccccc2-c2ccccc21)C1CC1. The minimum atomic E-state index is -1.13. The van der Waals surface area contributed by atoms with Crippen LogP contribution >= 0.6 is 11.3 Å². The maximum absolute atomic E-state index is 13.1. The summed E-state index contributed by atoms with van der Waals surface area (Å²) in [6, 6.07) is 15.0. The lowest BCUT2D eigenvalue weighted by molar-refractivity contribution is -0.143. The van der Waals surface area contributed by atoms with Crippen molar-refractivity contribution < 1.29 is 19.4 Å². The van der Waals surface area contributed by atoms with Crippen molar-refractivity contribution in [2.75, 3.05) is 6.61 Å². The first-order valence-electron chi connectivity index (χ1n) is 9.89. The predicted molar refractivity (Wildman–Crippen MR) is 112 cm³/mol. The number of carboxylic acids is 1. The molecule has 0 radical (unpaired) electrons. The van der Waals surface area contributed by atoms with Gasteiger partial charge in [0.2, 0.25) is 0 Å². The molecule has 0 aliphatic heterocycles. The van der Waals surface area contributed by atoms with Crippen LogP contribution in [0.2, 0.25) is 0 Å². The normalized spacial score (nSPS) is 15.9. The fourth-order valence-corrected chi connectivity index (χ4v) is 4.80. The number of fused-ring (bicyclic) bond motifs is 3. The van der Waals surface area contributed by atoms with Crippen molar-refractivity contribution in [1.29, 1.82) is 0 Å². The summed E-state index contributed by atoms with van der Waals surface area (Å²) in [6.45, 7) is 0.166. The van der Waals surface area contributed by atoms with E-state index >= 15 is 0 Å². The second-order valence-electron chi connectivity index (χ2n) is 7.60. The van der Waals surface area contributed by atoms with Crippen LogP contribution in [-0.4, -0.2) is 39.7 Å². The number of amides is 1. The Labute approximate surface area is 177 Å². The second-order valence-corrected chi connectivity index (χ2v) is 8.32. The Morgan fingerprint density at radius 2 is 1.73 bits per heavy atom. The smallest absolute Gasteiger partial charge is 0.411 e. The molecular weight excluding hydrogens is 400 g/mol. The van der Waals surface area contributed by atoms with Crippen LogP contribution in [-0.2, 0) is 9.53 Å². The number of carbonyl (C=O) groups is 2. The van der Waals surface area contributed by atoms with Crippen molar-refractivity contribution in [3.05, 3.63) is 76.2 Å². The summed E-state index contributed by atoms with van der Waals surface area (Å²) in [5.41, 5.74) is 6.50. The van der Waals surface area contributed by atoms with Crippen molar-refractivity contribution in [1.82, 2.24) is 9.88 Å². The van der Waals surface area contributed by atoms with Crippen LogP contribution in [0.1, 0.15) is 41.6 Å². The van der Waals surface area contributed by atoms with Crippen molar-refractivity contribution in [2.45, 2.75) is 30.8 Å². The van der Waals surface area contributed by atoms with Crippen LogP contribution in [0.15, 0.2) is 59.4 Å². The molecule has 0 bridgehead atoms. The number of nitrogens with zero attached hydrogens (tertiary/aromatic N) is 2. The molecule has 7 heteroatoms. The fourth-order valence-electron chi connectivity index (χ4n) is 4.23. The van der Waals surface area contributed by atoms with Gasteiger partial charge in [0.05, 0.1) is 11.2 Å². The first-order chi connectivity index (χ1) is 14.6. The Morgan fingerprint density at radius 3 is 2.27 bits per heavy atom. The topological polar surface area (TPSA) is 79.7 Å². The Bertz CT molecular complexity index is 1050. The first-order valence-corrected chi connectivity index (χ1v) is 10.8. The highest BCUT2D eigenvalue weighted by Crippen LogP contribution is 2.45. The molecule has 2 aliphatic carbocycles. The first kappa shape index (κ1) is 18.8. The lowest BCUT2D eigenvalue weighted by atomic mass is 9.98. The minimum Gasteiger partial charge on any atom is -0.479 e. The Morgan fingerprint density at radius 1 is 1.10 bits per heavy atom. The molecule has 6 nitrogen and oxygen atoms in total. The highest BCUT2D eigenvalue weighted by atomic mass is 32.1. The minimum absolute atomic E-state index is 0.0649. The molecule has 1 atom stereocenters. The van der Waals surface area contributed by atoms with Crippen molar-refractivity contribution >= 4 is 23.4 Å². The zero-order valence-corrected chi connectivity index (χ0v) is 16.9. The van der Waals surface area contributed by atoms with Gasteiger partial charge in [-0.25, -0.2) is 14.6 Å². The van der Waals surface area contributed by atoms with E-state index in [0.29, 0.717) is 5.69 Å². The van der Waals surface area contributed by atoms with E-state index < -0.39 is 18.1 Å². The molecule has 2 aromatic carbocycles. The Hall–Kier alpha value is -3.19. The molecule has 0 saturated heterocycles. The van der Waals surface area contributed by atoms with Gasteiger partial charge in [0, 0.05) is 17.3 Å². The highest BCUT2D eigenvalue weighted by molar-refractivity contribution is 7.07. The summed E-state index contributed by atoms with van der Waals surface area (Å²) in [5, 5.41) is 11.5. The monoisotopic (exact) mass is 420 g/mol. The van der Waals surface area contributed by atoms with Gasteiger partial charge in [0.25, 0.3) is 0 Å². The molecule has 1 N–H and O–H groups in total. The third kappa shape index (κ3) is 3.25. The fraction of sp³-hybridized carbons (Fsp3) is 0.261. The van der Waals surface area contributed by atoms with E-state index in [9.17, 15) is 14.7 Å². The number of hydrogen-bond donors (Lipinski definition) is 1. The molecule has 1 aromatic heterocycles. The van der Waals surface area contributed by atoms with E-state index in [1.807, 2.05) is 24.3 Å². The Kier molecular flexibility index (Phi) is 4.75. The van der Waals surface area contributed by atoms with Crippen LogP contribution in [0, 0.1) is 0 Å². The number of hydrogen-bond acceptors (Lipinski definition) is 5.